The molecule has 1 aliphatic rings. The molecule has 0 aliphatic heterocycles. The van der Waals surface area contributed by atoms with Crippen LogP contribution in [0.15, 0.2) is 24.3 Å². The summed E-state index contributed by atoms with van der Waals surface area (Å²) in [4.78, 5) is 13.9. The van der Waals surface area contributed by atoms with E-state index in [1.165, 1.54) is 0 Å². The average molecular weight is 325 g/mol. The molecule has 5 heteroatoms. The SMILES string of the molecule is CCN(CC(C)(C)O)C(=O)NCC1(c2ccccc2Cl)CC1. The topological polar surface area (TPSA) is 52.6 Å². The van der Waals surface area contributed by atoms with E-state index in [0.717, 1.165) is 23.4 Å². The van der Waals surface area contributed by atoms with Crippen LogP contribution in [-0.4, -0.2) is 41.3 Å². The molecule has 22 heavy (non-hydrogen) atoms. The Morgan fingerprint density at radius 1 is 1.41 bits per heavy atom. The Bertz CT molecular complexity index is 536. The van der Waals surface area contributed by atoms with Crippen LogP contribution in [0, 0.1) is 0 Å². The number of hydrogen-bond acceptors (Lipinski definition) is 2. The van der Waals surface area contributed by atoms with Crippen molar-refractivity contribution in [1.82, 2.24) is 10.2 Å². The summed E-state index contributed by atoms with van der Waals surface area (Å²) in [5.74, 6) is 0. The molecule has 0 unspecified atom stereocenters. The summed E-state index contributed by atoms with van der Waals surface area (Å²) in [5.41, 5.74) is 0.192. The zero-order valence-electron chi connectivity index (χ0n) is 13.5. The number of nitrogens with zero attached hydrogens (tertiary/aromatic N) is 1. The Morgan fingerprint density at radius 2 is 2.05 bits per heavy atom. The van der Waals surface area contributed by atoms with E-state index in [1.807, 2.05) is 31.2 Å². The second-order valence-electron chi connectivity index (χ2n) is 6.75. The molecule has 0 bridgehead atoms. The van der Waals surface area contributed by atoms with Crippen LogP contribution >= 0.6 is 11.6 Å². The number of likely N-dealkylation sites (N-methyl/N-ethyl adjacent to an activating group) is 1. The second kappa shape index (κ2) is 6.47. The molecule has 1 saturated carbocycles. The van der Waals surface area contributed by atoms with E-state index in [9.17, 15) is 9.90 Å². The van der Waals surface area contributed by atoms with E-state index in [0.29, 0.717) is 19.6 Å². The number of nitrogens with one attached hydrogen (secondary N) is 1. The van der Waals surface area contributed by atoms with E-state index in [4.69, 9.17) is 11.6 Å². The Hall–Kier alpha value is -1.26. The van der Waals surface area contributed by atoms with Gasteiger partial charge in [0.2, 0.25) is 0 Å². The third-order valence-corrected chi connectivity index (χ3v) is 4.45. The molecule has 0 radical (unpaired) electrons. The lowest BCUT2D eigenvalue weighted by molar-refractivity contribution is 0.0479. The number of urea groups is 1. The predicted octanol–water partition coefficient (Wildman–Crippen LogP) is 3.17. The van der Waals surface area contributed by atoms with Crippen molar-refractivity contribution in [3.05, 3.63) is 34.9 Å². The van der Waals surface area contributed by atoms with Crippen LogP contribution in [0.1, 0.15) is 39.2 Å². The highest BCUT2D eigenvalue weighted by Crippen LogP contribution is 2.49. The van der Waals surface area contributed by atoms with E-state index in [2.05, 4.69) is 5.32 Å². The molecule has 0 saturated heterocycles. The van der Waals surface area contributed by atoms with Crippen LogP contribution in [-0.2, 0) is 5.41 Å². The minimum absolute atomic E-state index is 0.0256. The first-order valence-corrected chi connectivity index (χ1v) is 8.15. The van der Waals surface area contributed by atoms with Crippen LogP contribution in [0.5, 0.6) is 0 Å². The lowest BCUT2D eigenvalue weighted by Crippen LogP contribution is -2.48. The molecule has 122 valence electrons. The van der Waals surface area contributed by atoms with E-state index in [-0.39, 0.29) is 11.4 Å². The molecule has 4 nitrogen and oxygen atoms in total. The highest BCUT2D eigenvalue weighted by atomic mass is 35.5. The van der Waals surface area contributed by atoms with E-state index in [1.54, 1.807) is 18.7 Å². The number of benzene rings is 1. The normalized spacial score (nSPS) is 16.2. The summed E-state index contributed by atoms with van der Waals surface area (Å²) in [5, 5.41) is 13.6. The molecule has 0 aromatic heterocycles. The van der Waals surface area contributed by atoms with Crippen LogP contribution in [0.4, 0.5) is 4.79 Å². The Morgan fingerprint density at radius 3 is 2.55 bits per heavy atom. The van der Waals surface area contributed by atoms with Gasteiger partial charge in [0.15, 0.2) is 0 Å². The molecule has 1 aromatic carbocycles. The van der Waals surface area contributed by atoms with Gasteiger partial charge in [-0.25, -0.2) is 4.79 Å². The third kappa shape index (κ3) is 4.14. The van der Waals surface area contributed by atoms with Crippen molar-refractivity contribution >= 4 is 17.6 Å². The molecule has 1 fully saturated rings. The summed E-state index contributed by atoms with van der Waals surface area (Å²) in [6, 6.07) is 7.70. The Balaban J connectivity index is 1.97. The van der Waals surface area contributed by atoms with Gasteiger partial charge in [-0.3, -0.25) is 0 Å². The maximum Gasteiger partial charge on any atom is 0.317 e. The Labute approximate surface area is 137 Å². The maximum atomic E-state index is 12.3. The van der Waals surface area contributed by atoms with E-state index >= 15 is 0 Å². The second-order valence-corrected chi connectivity index (χ2v) is 7.15. The number of carbonyl (C=O) groups is 1. The predicted molar refractivity (Wildman–Crippen MR) is 89.3 cm³/mol. The van der Waals surface area contributed by atoms with Crippen LogP contribution in [0.3, 0.4) is 0 Å². The van der Waals surface area contributed by atoms with Gasteiger partial charge < -0.3 is 15.3 Å². The van der Waals surface area contributed by atoms with Gasteiger partial charge in [-0.05, 0) is 45.2 Å². The summed E-state index contributed by atoms with van der Waals surface area (Å²) in [7, 11) is 0. The fourth-order valence-corrected chi connectivity index (χ4v) is 3.07. The fraction of sp³-hybridized carbons (Fsp3) is 0.588. The van der Waals surface area contributed by atoms with Crippen LogP contribution in [0.2, 0.25) is 5.02 Å². The molecule has 1 aromatic rings. The summed E-state index contributed by atoms with van der Waals surface area (Å²) in [6.45, 7) is 6.78. The van der Waals surface area contributed by atoms with Gasteiger partial charge in [-0.2, -0.15) is 0 Å². The molecule has 2 amide bonds. The van der Waals surface area contributed by atoms with Crippen molar-refractivity contribution in [2.24, 2.45) is 0 Å². The highest BCUT2D eigenvalue weighted by Gasteiger charge is 2.45. The van der Waals surface area contributed by atoms with Crippen molar-refractivity contribution in [3.63, 3.8) is 0 Å². The number of amides is 2. The van der Waals surface area contributed by atoms with Gasteiger partial charge >= 0.3 is 6.03 Å². The fourth-order valence-electron chi connectivity index (χ4n) is 2.73. The van der Waals surface area contributed by atoms with Gasteiger partial charge in [0.05, 0.1) is 12.1 Å². The van der Waals surface area contributed by atoms with Crippen molar-refractivity contribution in [1.29, 1.82) is 0 Å². The average Bonchev–Trinajstić information content (AvgIpc) is 3.23. The van der Waals surface area contributed by atoms with Gasteiger partial charge in [-0.15, -0.1) is 0 Å². The lowest BCUT2D eigenvalue weighted by Gasteiger charge is -2.29. The van der Waals surface area contributed by atoms with Crippen molar-refractivity contribution < 1.29 is 9.90 Å². The summed E-state index contributed by atoms with van der Waals surface area (Å²) < 4.78 is 0. The van der Waals surface area contributed by atoms with Crippen LogP contribution in [0.25, 0.3) is 0 Å². The number of carbonyl (C=O) groups excluding carboxylic acids is 1. The minimum Gasteiger partial charge on any atom is -0.389 e. The minimum atomic E-state index is -0.895. The molecule has 0 spiro atoms. The van der Waals surface area contributed by atoms with Crippen molar-refractivity contribution in [3.8, 4) is 0 Å². The molecule has 2 rings (SSSR count). The van der Waals surface area contributed by atoms with Crippen molar-refractivity contribution in [2.75, 3.05) is 19.6 Å². The highest BCUT2D eigenvalue weighted by molar-refractivity contribution is 6.31. The zero-order chi connectivity index (χ0) is 16.4. The number of rotatable bonds is 6. The zero-order valence-corrected chi connectivity index (χ0v) is 14.3. The first kappa shape index (κ1) is 17.1. The van der Waals surface area contributed by atoms with Crippen LogP contribution < -0.4 is 5.32 Å². The largest absolute Gasteiger partial charge is 0.389 e. The molecule has 0 heterocycles. The number of aliphatic hydroxyl groups is 1. The molecule has 1 aliphatic carbocycles. The van der Waals surface area contributed by atoms with Gasteiger partial charge in [0.1, 0.15) is 0 Å². The molecule has 0 atom stereocenters. The van der Waals surface area contributed by atoms with Gasteiger partial charge in [0.25, 0.3) is 0 Å². The quantitative estimate of drug-likeness (QED) is 0.844. The monoisotopic (exact) mass is 324 g/mol. The first-order valence-electron chi connectivity index (χ1n) is 7.77. The van der Waals surface area contributed by atoms with Gasteiger partial charge in [-0.1, -0.05) is 29.8 Å². The first-order chi connectivity index (χ1) is 10.3. The molecule has 2 N–H and O–H groups in total. The number of hydrogen-bond donors (Lipinski definition) is 2. The summed E-state index contributed by atoms with van der Waals surface area (Å²) in [6.07, 6.45) is 2.07. The standard InChI is InChI=1S/C17H25ClN2O2/c1-4-20(12-16(2,3)22)15(21)19-11-17(9-10-17)13-7-5-6-8-14(13)18/h5-8,22H,4,9-12H2,1-3H3,(H,19,21). The molecular weight excluding hydrogens is 300 g/mol. The lowest BCUT2D eigenvalue weighted by atomic mass is 9.96. The van der Waals surface area contributed by atoms with Crippen molar-refractivity contribution in [2.45, 2.75) is 44.6 Å². The smallest absolute Gasteiger partial charge is 0.317 e. The molecular formula is C17H25ClN2O2. The van der Waals surface area contributed by atoms with E-state index < -0.39 is 5.60 Å². The Kier molecular flexibility index (Phi) is 5.03. The number of halogens is 1. The summed E-state index contributed by atoms with van der Waals surface area (Å²) >= 11 is 6.28. The third-order valence-electron chi connectivity index (χ3n) is 4.12. The van der Waals surface area contributed by atoms with Gasteiger partial charge in [0, 0.05) is 23.5 Å². The maximum absolute atomic E-state index is 12.3.